The number of hydrogen-bond acceptors (Lipinski definition) is 3. The van der Waals surface area contributed by atoms with E-state index in [9.17, 15) is 0 Å². The second-order valence-corrected chi connectivity index (χ2v) is 4.69. The summed E-state index contributed by atoms with van der Waals surface area (Å²) < 4.78 is 0. The van der Waals surface area contributed by atoms with Crippen LogP contribution < -0.4 is 11.1 Å². The Morgan fingerprint density at radius 2 is 1.92 bits per heavy atom. The van der Waals surface area contributed by atoms with Crippen LogP contribution in [0.15, 0.2) is 0 Å². The minimum atomic E-state index is 0.234. The normalized spacial score (nSPS) is 45.5. The second-order valence-electron chi connectivity index (χ2n) is 4.69. The summed E-state index contributed by atoms with van der Waals surface area (Å²) in [6, 6.07) is 1.55. The third-order valence-electron chi connectivity index (χ3n) is 4.16. The van der Waals surface area contributed by atoms with Gasteiger partial charge in [-0.2, -0.15) is 0 Å². The first-order chi connectivity index (χ1) is 6.21. The van der Waals surface area contributed by atoms with Crippen LogP contribution in [0.2, 0.25) is 0 Å². The largest absolute Gasteiger partial charge is 0.329 e. The van der Waals surface area contributed by atoms with Crippen molar-refractivity contribution in [3.63, 3.8) is 0 Å². The maximum absolute atomic E-state index is 5.87. The highest BCUT2D eigenvalue weighted by atomic mass is 15.2. The SMILES string of the molecule is CNC1(CN)CC2CCC(C1)N2C. The predicted molar refractivity (Wildman–Crippen MR) is 54.7 cm³/mol. The number of nitrogens with two attached hydrogens (primary N) is 1. The summed E-state index contributed by atoms with van der Waals surface area (Å²) in [6.07, 6.45) is 5.19. The number of nitrogens with zero attached hydrogens (tertiary/aromatic N) is 1. The van der Waals surface area contributed by atoms with E-state index in [-0.39, 0.29) is 5.54 Å². The summed E-state index contributed by atoms with van der Waals surface area (Å²) in [7, 11) is 4.32. The molecule has 3 nitrogen and oxygen atoms in total. The minimum absolute atomic E-state index is 0.234. The van der Waals surface area contributed by atoms with Crippen molar-refractivity contribution in [3.8, 4) is 0 Å². The van der Waals surface area contributed by atoms with Gasteiger partial charge >= 0.3 is 0 Å². The molecule has 2 heterocycles. The molecular weight excluding hydrogens is 162 g/mol. The lowest BCUT2D eigenvalue weighted by molar-refractivity contribution is 0.0995. The highest BCUT2D eigenvalue weighted by Gasteiger charge is 2.45. The van der Waals surface area contributed by atoms with Gasteiger partial charge in [-0.1, -0.05) is 0 Å². The first-order valence-electron chi connectivity index (χ1n) is 5.32. The molecule has 0 amide bonds. The molecule has 3 N–H and O–H groups in total. The van der Waals surface area contributed by atoms with Crippen molar-refractivity contribution < 1.29 is 0 Å². The molecule has 0 aromatic rings. The Kier molecular flexibility index (Phi) is 2.34. The zero-order chi connectivity index (χ0) is 9.47. The zero-order valence-electron chi connectivity index (χ0n) is 8.71. The highest BCUT2D eigenvalue weighted by Crippen LogP contribution is 2.38. The molecule has 76 valence electrons. The third-order valence-corrected chi connectivity index (χ3v) is 4.16. The summed E-state index contributed by atoms with van der Waals surface area (Å²) in [4.78, 5) is 2.55. The van der Waals surface area contributed by atoms with Crippen molar-refractivity contribution >= 4 is 0 Å². The third kappa shape index (κ3) is 1.39. The fourth-order valence-corrected chi connectivity index (χ4v) is 3.04. The Balaban J connectivity index is 2.13. The van der Waals surface area contributed by atoms with Crippen molar-refractivity contribution in [1.82, 2.24) is 10.2 Å². The average molecular weight is 183 g/mol. The van der Waals surface area contributed by atoms with E-state index >= 15 is 0 Å². The fourth-order valence-electron chi connectivity index (χ4n) is 3.04. The van der Waals surface area contributed by atoms with Crippen molar-refractivity contribution in [2.24, 2.45) is 5.73 Å². The van der Waals surface area contributed by atoms with Crippen molar-refractivity contribution in [3.05, 3.63) is 0 Å². The maximum atomic E-state index is 5.87. The first kappa shape index (κ1) is 9.44. The van der Waals surface area contributed by atoms with Crippen LogP contribution >= 0.6 is 0 Å². The van der Waals surface area contributed by atoms with Gasteiger partial charge in [0.25, 0.3) is 0 Å². The van der Waals surface area contributed by atoms with Crippen LogP contribution in [0.4, 0.5) is 0 Å². The summed E-state index contributed by atoms with van der Waals surface area (Å²) in [5, 5.41) is 3.44. The molecule has 0 aromatic heterocycles. The lowest BCUT2D eigenvalue weighted by Crippen LogP contribution is -2.59. The van der Waals surface area contributed by atoms with E-state index in [0.717, 1.165) is 18.6 Å². The summed E-state index contributed by atoms with van der Waals surface area (Å²) >= 11 is 0. The maximum Gasteiger partial charge on any atom is 0.0331 e. The quantitative estimate of drug-likeness (QED) is 0.641. The molecule has 2 rings (SSSR count). The van der Waals surface area contributed by atoms with E-state index < -0.39 is 0 Å². The zero-order valence-corrected chi connectivity index (χ0v) is 8.71. The highest BCUT2D eigenvalue weighted by molar-refractivity contribution is 5.04. The number of hydrogen-bond donors (Lipinski definition) is 2. The monoisotopic (exact) mass is 183 g/mol. The van der Waals surface area contributed by atoms with Crippen LogP contribution in [0.25, 0.3) is 0 Å². The van der Waals surface area contributed by atoms with Crippen LogP contribution in [0.1, 0.15) is 25.7 Å². The smallest absolute Gasteiger partial charge is 0.0331 e. The van der Waals surface area contributed by atoms with Gasteiger partial charge in [-0.05, 0) is 39.8 Å². The lowest BCUT2D eigenvalue weighted by Gasteiger charge is -2.44. The fraction of sp³-hybridized carbons (Fsp3) is 1.00. The Morgan fingerprint density at radius 3 is 2.31 bits per heavy atom. The molecule has 3 heteroatoms. The Labute approximate surface area is 80.7 Å². The van der Waals surface area contributed by atoms with Gasteiger partial charge < -0.3 is 16.0 Å². The molecular formula is C10H21N3. The summed E-state index contributed by atoms with van der Waals surface area (Å²) in [5.41, 5.74) is 6.10. The van der Waals surface area contributed by atoms with Gasteiger partial charge in [-0.15, -0.1) is 0 Å². The summed E-state index contributed by atoms with van der Waals surface area (Å²) in [5.74, 6) is 0. The number of rotatable bonds is 2. The van der Waals surface area contributed by atoms with Crippen LogP contribution in [0, 0.1) is 0 Å². The molecule has 0 aromatic carbocycles. The van der Waals surface area contributed by atoms with Crippen LogP contribution in [0.5, 0.6) is 0 Å². The van der Waals surface area contributed by atoms with Gasteiger partial charge in [0, 0.05) is 24.2 Å². The molecule has 13 heavy (non-hydrogen) atoms. The Bertz CT molecular complexity index is 173. The average Bonchev–Trinajstić information content (AvgIpc) is 2.43. The Hall–Kier alpha value is -0.120. The van der Waals surface area contributed by atoms with Gasteiger partial charge in [-0.3, -0.25) is 0 Å². The second kappa shape index (κ2) is 3.23. The standard InChI is InChI=1S/C10H21N3/c1-12-10(7-11)5-8-3-4-9(6-10)13(8)2/h8-9,12H,3-7,11H2,1-2H3. The van der Waals surface area contributed by atoms with E-state index in [1.165, 1.54) is 25.7 Å². The van der Waals surface area contributed by atoms with Gasteiger partial charge in [0.05, 0.1) is 0 Å². The molecule has 0 aliphatic carbocycles. The predicted octanol–water partition coefficient (Wildman–Crippen LogP) is 0.160. The van der Waals surface area contributed by atoms with Gasteiger partial charge in [0.15, 0.2) is 0 Å². The van der Waals surface area contributed by atoms with Gasteiger partial charge in [0.1, 0.15) is 0 Å². The van der Waals surface area contributed by atoms with Crippen molar-refractivity contribution in [2.45, 2.75) is 43.3 Å². The Morgan fingerprint density at radius 1 is 1.38 bits per heavy atom. The number of likely N-dealkylation sites (N-methyl/N-ethyl adjacent to an activating group) is 1. The van der Waals surface area contributed by atoms with Crippen molar-refractivity contribution in [1.29, 1.82) is 0 Å². The summed E-state index contributed by atoms with van der Waals surface area (Å²) in [6.45, 7) is 0.782. The van der Waals surface area contributed by atoms with Crippen LogP contribution in [-0.2, 0) is 0 Å². The van der Waals surface area contributed by atoms with E-state index in [1.807, 2.05) is 0 Å². The van der Waals surface area contributed by atoms with Crippen LogP contribution in [-0.4, -0.2) is 43.2 Å². The molecule has 2 bridgehead atoms. The van der Waals surface area contributed by atoms with E-state index in [1.54, 1.807) is 0 Å². The molecule has 2 saturated heterocycles. The molecule has 2 fully saturated rings. The van der Waals surface area contributed by atoms with E-state index in [4.69, 9.17) is 5.73 Å². The van der Waals surface area contributed by atoms with E-state index in [2.05, 4.69) is 24.3 Å². The molecule has 0 spiro atoms. The van der Waals surface area contributed by atoms with Gasteiger partial charge in [-0.25, -0.2) is 0 Å². The van der Waals surface area contributed by atoms with E-state index in [0.29, 0.717) is 0 Å². The topological polar surface area (TPSA) is 41.3 Å². The first-order valence-corrected chi connectivity index (χ1v) is 5.32. The molecule has 2 atom stereocenters. The molecule has 2 aliphatic rings. The molecule has 2 aliphatic heterocycles. The molecule has 0 saturated carbocycles. The number of piperidine rings is 1. The number of fused-ring (bicyclic) bond motifs is 2. The van der Waals surface area contributed by atoms with Crippen molar-refractivity contribution in [2.75, 3.05) is 20.6 Å². The number of nitrogens with one attached hydrogen (secondary N) is 1. The molecule has 0 radical (unpaired) electrons. The molecule has 2 unspecified atom stereocenters. The lowest BCUT2D eigenvalue weighted by atomic mass is 9.83. The minimum Gasteiger partial charge on any atom is -0.329 e. The van der Waals surface area contributed by atoms with Gasteiger partial charge in [0.2, 0.25) is 0 Å². The van der Waals surface area contributed by atoms with Crippen LogP contribution in [0.3, 0.4) is 0 Å².